The van der Waals surface area contributed by atoms with Crippen molar-refractivity contribution in [1.82, 2.24) is 5.32 Å². The fraction of sp³-hybridized carbons (Fsp3) is 0.409. The number of halogens is 1. The number of hydrogen-bond acceptors (Lipinski definition) is 3. The maximum Gasteiger partial charge on any atom is 0.321 e. The van der Waals surface area contributed by atoms with Gasteiger partial charge in [-0.3, -0.25) is 4.90 Å². The van der Waals surface area contributed by atoms with E-state index in [2.05, 4.69) is 11.4 Å². The van der Waals surface area contributed by atoms with Gasteiger partial charge in [-0.2, -0.15) is 0 Å². The van der Waals surface area contributed by atoms with E-state index < -0.39 is 0 Å². The monoisotopic (exact) mass is 384 g/mol. The van der Waals surface area contributed by atoms with Gasteiger partial charge >= 0.3 is 6.03 Å². The molecule has 0 aromatic heterocycles. The molecule has 28 heavy (non-hydrogen) atoms. The lowest BCUT2D eigenvalue weighted by atomic mass is 9.76. The predicted octanol–water partition coefficient (Wildman–Crippen LogP) is 3.65. The van der Waals surface area contributed by atoms with Gasteiger partial charge in [0.25, 0.3) is 0 Å². The number of rotatable bonds is 4. The second-order valence-electron chi connectivity index (χ2n) is 7.45. The van der Waals surface area contributed by atoms with E-state index in [4.69, 9.17) is 9.47 Å². The van der Waals surface area contributed by atoms with Gasteiger partial charge in [0.1, 0.15) is 0 Å². The topological polar surface area (TPSA) is 50.8 Å². The molecule has 0 unspecified atom stereocenters. The number of nitrogens with zero attached hydrogens (tertiary/aromatic N) is 1. The van der Waals surface area contributed by atoms with Crippen molar-refractivity contribution in [3.63, 3.8) is 0 Å². The van der Waals surface area contributed by atoms with Crippen molar-refractivity contribution in [3.05, 3.63) is 59.4 Å². The van der Waals surface area contributed by atoms with Crippen LogP contribution in [0.25, 0.3) is 0 Å². The molecule has 2 aromatic rings. The van der Waals surface area contributed by atoms with E-state index in [0.29, 0.717) is 19.5 Å². The summed E-state index contributed by atoms with van der Waals surface area (Å²) in [4.78, 5) is 14.7. The number of methoxy groups -OCH3 is 1. The largest absolute Gasteiger partial charge is 0.494 e. The Morgan fingerprint density at radius 3 is 2.79 bits per heavy atom. The number of benzene rings is 2. The third-order valence-corrected chi connectivity index (χ3v) is 5.83. The molecule has 1 N–H and O–H groups in total. The highest BCUT2D eigenvalue weighted by Gasteiger charge is 2.45. The Morgan fingerprint density at radius 2 is 2.04 bits per heavy atom. The Labute approximate surface area is 164 Å². The van der Waals surface area contributed by atoms with Crippen molar-refractivity contribution in [2.45, 2.75) is 24.7 Å². The Bertz CT molecular complexity index is 865. The van der Waals surface area contributed by atoms with E-state index in [9.17, 15) is 9.18 Å². The summed E-state index contributed by atoms with van der Waals surface area (Å²) in [5.41, 5.74) is 3.04. The lowest BCUT2D eigenvalue weighted by molar-refractivity contribution is 0.0556. The summed E-state index contributed by atoms with van der Waals surface area (Å²) in [6, 6.07) is 12.9. The lowest BCUT2D eigenvalue weighted by Crippen LogP contribution is -2.45. The summed E-state index contributed by atoms with van der Waals surface area (Å²) >= 11 is 0. The number of carbonyl (C=O) groups is 1. The normalized spacial score (nSPS) is 17.4. The van der Waals surface area contributed by atoms with Crippen molar-refractivity contribution in [2.75, 3.05) is 38.3 Å². The first-order valence-electron chi connectivity index (χ1n) is 9.68. The molecule has 2 aliphatic rings. The molecule has 0 radical (unpaired) electrons. The van der Waals surface area contributed by atoms with Crippen molar-refractivity contribution in [2.24, 2.45) is 0 Å². The van der Waals surface area contributed by atoms with E-state index in [1.165, 1.54) is 18.7 Å². The van der Waals surface area contributed by atoms with Crippen LogP contribution in [0.1, 0.15) is 24.0 Å². The quantitative estimate of drug-likeness (QED) is 0.875. The average molecular weight is 384 g/mol. The molecular weight excluding hydrogens is 359 g/mol. The molecular formula is C22H25FN2O3. The van der Waals surface area contributed by atoms with Crippen LogP contribution in [0.4, 0.5) is 14.9 Å². The maximum absolute atomic E-state index is 13.8. The summed E-state index contributed by atoms with van der Waals surface area (Å²) in [5.74, 6) is -0.163. The first-order valence-corrected chi connectivity index (χ1v) is 9.68. The summed E-state index contributed by atoms with van der Waals surface area (Å²) in [6.07, 6.45) is 2.42. The Morgan fingerprint density at radius 1 is 1.25 bits per heavy atom. The molecule has 1 fully saturated rings. The second-order valence-corrected chi connectivity index (χ2v) is 7.45. The molecule has 2 aromatic carbocycles. The van der Waals surface area contributed by atoms with Crippen molar-refractivity contribution < 1.29 is 18.7 Å². The minimum absolute atomic E-state index is 0.00864. The van der Waals surface area contributed by atoms with Crippen LogP contribution in [0.15, 0.2) is 42.5 Å². The van der Waals surface area contributed by atoms with E-state index in [1.54, 1.807) is 6.07 Å². The van der Waals surface area contributed by atoms with Crippen LogP contribution in [0.2, 0.25) is 0 Å². The van der Waals surface area contributed by atoms with Gasteiger partial charge in [-0.15, -0.1) is 0 Å². The first-order chi connectivity index (χ1) is 13.6. The Balaban J connectivity index is 1.42. The fourth-order valence-corrected chi connectivity index (χ4v) is 4.28. The SMILES string of the molecule is COc1ccc(CCNC(=O)N2CC3(CCOCC3)c3ccccc32)cc1F. The maximum atomic E-state index is 13.8. The van der Waals surface area contributed by atoms with Crippen molar-refractivity contribution in [1.29, 1.82) is 0 Å². The van der Waals surface area contributed by atoms with Crippen LogP contribution >= 0.6 is 0 Å². The number of fused-ring (bicyclic) bond motifs is 2. The van der Waals surface area contributed by atoms with Gasteiger partial charge in [0.15, 0.2) is 11.6 Å². The molecule has 0 bridgehead atoms. The highest BCUT2D eigenvalue weighted by molar-refractivity contribution is 5.95. The molecule has 4 rings (SSSR count). The van der Waals surface area contributed by atoms with Gasteiger partial charge < -0.3 is 14.8 Å². The van der Waals surface area contributed by atoms with E-state index >= 15 is 0 Å². The first kappa shape index (κ1) is 18.7. The highest BCUT2D eigenvalue weighted by atomic mass is 19.1. The summed E-state index contributed by atoms with van der Waals surface area (Å²) in [6.45, 7) is 2.58. The molecule has 0 aliphatic carbocycles. The third-order valence-electron chi connectivity index (χ3n) is 5.83. The zero-order chi connectivity index (χ0) is 19.6. The molecule has 1 saturated heterocycles. The zero-order valence-electron chi connectivity index (χ0n) is 16.0. The Hall–Kier alpha value is -2.60. The number of urea groups is 1. The van der Waals surface area contributed by atoms with Crippen LogP contribution in [-0.2, 0) is 16.6 Å². The second kappa shape index (κ2) is 7.80. The number of nitrogens with one attached hydrogen (secondary N) is 1. The van der Waals surface area contributed by atoms with Gasteiger partial charge in [-0.1, -0.05) is 24.3 Å². The average Bonchev–Trinajstić information content (AvgIpc) is 3.03. The minimum atomic E-state index is -0.388. The predicted molar refractivity (Wildman–Crippen MR) is 106 cm³/mol. The smallest absolute Gasteiger partial charge is 0.321 e. The van der Waals surface area contributed by atoms with E-state index in [-0.39, 0.29) is 23.0 Å². The molecule has 0 saturated carbocycles. The summed E-state index contributed by atoms with van der Waals surface area (Å²) < 4.78 is 24.3. The van der Waals surface area contributed by atoms with Crippen LogP contribution in [0, 0.1) is 5.82 Å². The number of amides is 2. The van der Waals surface area contributed by atoms with Crippen LogP contribution < -0.4 is 15.0 Å². The molecule has 2 aliphatic heterocycles. The third kappa shape index (κ3) is 3.44. The standard InChI is InChI=1S/C22H25FN2O3/c1-27-20-7-6-16(14-18(20)23)8-11-24-21(26)25-15-22(9-12-28-13-10-22)17-4-2-3-5-19(17)25/h2-7,14H,8-13,15H2,1H3,(H,24,26). The minimum Gasteiger partial charge on any atom is -0.494 e. The highest BCUT2D eigenvalue weighted by Crippen LogP contribution is 2.46. The van der Waals surface area contributed by atoms with Gasteiger partial charge in [0.05, 0.1) is 7.11 Å². The molecule has 1 spiro atoms. The molecule has 6 heteroatoms. The van der Waals surface area contributed by atoms with Gasteiger partial charge in [0, 0.05) is 37.4 Å². The van der Waals surface area contributed by atoms with E-state index in [1.807, 2.05) is 29.2 Å². The number of ether oxygens (including phenoxy) is 2. The van der Waals surface area contributed by atoms with Crippen LogP contribution in [0.3, 0.4) is 0 Å². The lowest BCUT2D eigenvalue weighted by Gasteiger charge is -2.34. The number of anilines is 1. The molecule has 2 heterocycles. The molecule has 148 valence electrons. The summed E-state index contributed by atoms with van der Waals surface area (Å²) in [7, 11) is 1.44. The van der Waals surface area contributed by atoms with Crippen LogP contribution in [0.5, 0.6) is 5.75 Å². The van der Waals surface area contributed by atoms with Gasteiger partial charge in [0.2, 0.25) is 0 Å². The van der Waals surface area contributed by atoms with Crippen molar-refractivity contribution in [3.8, 4) is 5.75 Å². The number of carbonyl (C=O) groups excluding carboxylic acids is 1. The fourth-order valence-electron chi connectivity index (χ4n) is 4.28. The number of hydrogen-bond donors (Lipinski definition) is 1. The van der Waals surface area contributed by atoms with E-state index in [0.717, 1.165) is 37.3 Å². The van der Waals surface area contributed by atoms with Crippen molar-refractivity contribution >= 4 is 11.7 Å². The molecule has 5 nitrogen and oxygen atoms in total. The number of para-hydroxylation sites is 1. The Kier molecular flexibility index (Phi) is 5.22. The van der Waals surface area contributed by atoms with Gasteiger partial charge in [-0.25, -0.2) is 9.18 Å². The molecule has 2 amide bonds. The van der Waals surface area contributed by atoms with Crippen LogP contribution in [-0.4, -0.2) is 39.4 Å². The van der Waals surface area contributed by atoms with Gasteiger partial charge in [-0.05, 0) is 48.6 Å². The summed E-state index contributed by atoms with van der Waals surface area (Å²) in [5, 5.41) is 2.99. The zero-order valence-corrected chi connectivity index (χ0v) is 16.0. The molecule has 0 atom stereocenters.